The van der Waals surface area contributed by atoms with Crippen LogP contribution in [0, 0.1) is 0 Å². The number of nitrogens with two attached hydrogens (primary N) is 1. The summed E-state index contributed by atoms with van der Waals surface area (Å²) in [7, 11) is 0. The van der Waals surface area contributed by atoms with Crippen LogP contribution in [0.3, 0.4) is 0 Å². The highest BCUT2D eigenvalue weighted by atomic mass is 35.5. The third kappa shape index (κ3) is 8.55. The number of hydroxylamine groups is 1. The van der Waals surface area contributed by atoms with E-state index in [1.165, 1.54) is 25.0 Å². The number of aryl methyl sites for hydroxylation is 2. The minimum atomic E-state index is -1.14. The fraction of sp³-hybridized carbons (Fsp3) is 0.364. The average Bonchev–Trinajstić information content (AvgIpc) is 2.64. The molecule has 5 nitrogen and oxygen atoms in total. The Balaban J connectivity index is 0.00000392. The van der Waals surface area contributed by atoms with E-state index in [9.17, 15) is 9.59 Å². The van der Waals surface area contributed by atoms with E-state index >= 15 is 0 Å². The Labute approximate surface area is 173 Å². The van der Waals surface area contributed by atoms with Crippen LogP contribution in [-0.2, 0) is 33.7 Å². The number of unbranched alkanes of at least 4 members (excludes halogenated alkanes) is 1. The van der Waals surface area contributed by atoms with Gasteiger partial charge < -0.3 is 10.6 Å². The molecule has 1 amide bonds. The monoisotopic (exact) mass is 404 g/mol. The van der Waals surface area contributed by atoms with Crippen molar-refractivity contribution in [3.8, 4) is 0 Å². The van der Waals surface area contributed by atoms with Crippen LogP contribution < -0.4 is 11.2 Å². The molecule has 0 saturated heterocycles. The van der Waals surface area contributed by atoms with E-state index in [2.05, 4.69) is 29.7 Å². The Morgan fingerprint density at radius 1 is 0.893 bits per heavy atom. The van der Waals surface area contributed by atoms with Crippen LogP contribution in [-0.4, -0.2) is 17.4 Å². The van der Waals surface area contributed by atoms with E-state index in [0.29, 0.717) is 0 Å². The molecule has 0 unspecified atom stereocenters. The molecule has 0 heterocycles. The summed E-state index contributed by atoms with van der Waals surface area (Å²) in [6.07, 6.45) is 4.53. The molecule has 0 aliphatic heterocycles. The van der Waals surface area contributed by atoms with Crippen LogP contribution >= 0.6 is 12.4 Å². The van der Waals surface area contributed by atoms with Crippen molar-refractivity contribution >= 4 is 24.3 Å². The maximum Gasteiger partial charge on any atom is 0.351 e. The number of rotatable bonds is 8. The van der Waals surface area contributed by atoms with Crippen LogP contribution in [0.2, 0.25) is 0 Å². The Kier molecular flexibility index (Phi) is 9.69. The number of halogens is 1. The molecule has 0 radical (unpaired) electrons. The smallest absolute Gasteiger partial charge is 0.339 e. The van der Waals surface area contributed by atoms with Crippen molar-refractivity contribution in [3.05, 3.63) is 71.3 Å². The van der Waals surface area contributed by atoms with Gasteiger partial charge in [0.25, 0.3) is 5.91 Å². The van der Waals surface area contributed by atoms with Gasteiger partial charge in [-0.05, 0) is 56.2 Å². The topological polar surface area (TPSA) is 81.4 Å². The van der Waals surface area contributed by atoms with E-state index in [0.717, 1.165) is 31.2 Å². The lowest BCUT2D eigenvalue weighted by Gasteiger charge is -2.16. The summed E-state index contributed by atoms with van der Waals surface area (Å²) in [5, 5.41) is 0. The zero-order chi connectivity index (χ0) is 19.7. The Morgan fingerprint density at radius 2 is 1.39 bits per heavy atom. The van der Waals surface area contributed by atoms with Gasteiger partial charge in [-0.15, -0.1) is 12.4 Å². The van der Waals surface area contributed by atoms with Gasteiger partial charge in [0.1, 0.15) is 5.54 Å². The molecule has 152 valence electrons. The number of nitrogens with one attached hydrogen (secondary N) is 1. The molecule has 0 saturated carbocycles. The summed E-state index contributed by atoms with van der Waals surface area (Å²) < 4.78 is 0. The van der Waals surface area contributed by atoms with E-state index < -0.39 is 11.5 Å². The largest absolute Gasteiger partial charge is 0.351 e. The highest BCUT2D eigenvalue weighted by Crippen LogP contribution is 2.11. The van der Waals surface area contributed by atoms with Gasteiger partial charge in [-0.1, -0.05) is 54.6 Å². The van der Waals surface area contributed by atoms with Crippen molar-refractivity contribution in [1.29, 1.82) is 0 Å². The first kappa shape index (κ1) is 23.7. The summed E-state index contributed by atoms with van der Waals surface area (Å²) in [4.78, 5) is 28.1. The molecule has 0 aliphatic carbocycles. The predicted molar refractivity (Wildman–Crippen MR) is 113 cm³/mol. The average molecular weight is 405 g/mol. The first-order valence-electron chi connectivity index (χ1n) is 9.25. The summed E-state index contributed by atoms with van der Waals surface area (Å²) in [6, 6.07) is 18.4. The van der Waals surface area contributed by atoms with Crippen LogP contribution in [0.1, 0.15) is 43.4 Å². The van der Waals surface area contributed by atoms with Gasteiger partial charge in [0.2, 0.25) is 0 Å². The van der Waals surface area contributed by atoms with E-state index in [1.54, 1.807) is 0 Å². The third-order valence-corrected chi connectivity index (χ3v) is 4.20. The molecule has 0 aliphatic rings. The second-order valence-corrected chi connectivity index (χ2v) is 7.32. The quantitative estimate of drug-likeness (QED) is 0.521. The first-order valence-corrected chi connectivity index (χ1v) is 9.25. The Hall–Kier alpha value is -2.37. The van der Waals surface area contributed by atoms with Crippen LogP contribution in [0.15, 0.2) is 54.6 Å². The van der Waals surface area contributed by atoms with Gasteiger partial charge in [0, 0.05) is 0 Å². The summed E-state index contributed by atoms with van der Waals surface area (Å²) in [5.74, 6) is -1.06. The van der Waals surface area contributed by atoms with E-state index in [4.69, 9.17) is 10.6 Å². The van der Waals surface area contributed by atoms with E-state index in [-0.39, 0.29) is 24.7 Å². The van der Waals surface area contributed by atoms with Crippen molar-refractivity contribution < 1.29 is 14.4 Å². The van der Waals surface area contributed by atoms with Crippen molar-refractivity contribution in [3.63, 3.8) is 0 Å². The van der Waals surface area contributed by atoms with Crippen molar-refractivity contribution in [2.24, 2.45) is 5.73 Å². The summed E-state index contributed by atoms with van der Waals surface area (Å²) in [5.41, 5.74) is 10.1. The lowest BCUT2D eigenvalue weighted by molar-refractivity contribution is -0.162. The SMILES string of the molecule is CC(C)(N)C(=O)ONC(=O)Cc1ccc(CCCCc2ccccc2)cc1.Cl. The molecule has 2 aromatic carbocycles. The zero-order valence-corrected chi connectivity index (χ0v) is 17.3. The molecule has 6 heteroatoms. The van der Waals surface area contributed by atoms with Crippen molar-refractivity contribution in [2.75, 3.05) is 0 Å². The molecule has 0 aromatic heterocycles. The maximum atomic E-state index is 11.8. The Morgan fingerprint density at radius 3 is 1.93 bits per heavy atom. The normalized spacial score (nSPS) is 10.7. The van der Waals surface area contributed by atoms with Crippen molar-refractivity contribution in [2.45, 2.75) is 51.5 Å². The fourth-order valence-corrected chi connectivity index (χ4v) is 2.58. The maximum absolute atomic E-state index is 11.8. The van der Waals surface area contributed by atoms with Crippen LogP contribution in [0.25, 0.3) is 0 Å². The van der Waals surface area contributed by atoms with Gasteiger partial charge >= 0.3 is 5.97 Å². The van der Waals surface area contributed by atoms with Gasteiger partial charge in [0.15, 0.2) is 0 Å². The Bertz CT molecular complexity index is 741. The fourth-order valence-electron chi connectivity index (χ4n) is 2.58. The number of benzene rings is 2. The molecular formula is C22H29ClN2O3. The summed E-state index contributed by atoms with van der Waals surface area (Å²) >= 11 is 0. The number of amides is 1. The van der Waals surface area contributed by atoms with Crippen LogP contribution in [0.5, 0.6) is 0 Å². The lowest BCUT2D eigenvalue weighted by Crippen LogP contribution is -2.46. The molecule has 28 heavy (non-hydrogen) atoms. The lowest BCUT2D eigenvalue weighted by atomic mass is 10.0. The summed E-state index contributed by atoms with van der Waals surface area (Å²) in [6.45, 7) is 3.03. The third-order valence-electron chi connectivity index (χ3n) is 4.20. The minimum absolute atomic E-state index is 0. The van der Waals surface area contributed by atoms with Crippen LogP contribution in [0.4, 0.5) is 0 Å². The predicted octanol–water partition coefficient (Wildman–Crippen LogP) is 3.53. The van der Waals surface area contributed by atoms with Crippen molar-refractivity contribution in [1.82, 2.24) is 5.48 Å². The second-order valence-electron chi connectivity index (χ2n) is 7.32. The zero-order valence-electron chi connectivity index (χ0n) is 16.4. The number of carbonyl (C=O) groups is 2. The highest BCUT2D eigenvalue weighted by Gasteiger charge is 2.24. The number of carbonyl (C=O) groups excluding carboxylic acids is 2. The molecule has 2 rings (SSSR count). The molecule has 0 fully saturated rings. The van der Waals surface area contributed by atoms with Gasteiger partial charge in [-0.25, -0.2) is 4.79 Å². The molecule has 0 atom stereocenters. The molecule has 0 bridgehead atoms. The minimum Gasteiger partial charge on any atom is -0.339 e. The standard InChI is InChI=1S/C22H28N2O3.ClH/c1-22(2,23)21(26)27-24-20(25)16-19-14-12-18(13-15-19)11-7-6-10-17-8-4-3-5-9-17;/h3-5,8-9,12-15H,6-7,10-11,16,23H2,1-2H3,(H,24,25);1H. The molecule has 2 aromatic rings. The highest BCUT2D eigenvalue weighted by molar-refractivity contribution is 5.85. The van der Waals surface area contributed by atoms with Gasteiger partial charge in [-0.3, -0.25) is 4.79 Å². The second kappa shape index (κ2) is 11.5. The molecule has 3 N–H and O–H groups in total. The van der Waals surface area contributed by atoms with Gasteiger partial charge in [0.05, 0.1) is 6.42 Å². The number of hydrogen-bond donors (Lipinski definition) is 2. The van der Waals surface area contributed by atoms with Gasteiger partial charge in [-0.2, -0.15) is 5.48 Å². The number of hydrogen-bond acceptors (Lipinski definition) is 4. The molecular weight excluding hydrogens is 376 g/mol. The first-order chi connectivity index (χ1) is 12.8. The molecule has 0 spiro atoms. The van der Waals surface area contributed by atoms with E-state index in [1.807, 2.05) is 30.3 Å².